The highest BCUT2D eigenvalue weighted by atomic mass is 35.5. The molecule has 7 heteroatoms. The van der Waals surface area contributed by atoms with Gasteiger partial charge in [0.2, 0.25) is 11.8 Å². The summed E-state index contributed by atoms with van der Waals surface area (Å²) in [7, 11) is 1.97. The molecule has 0 unspecified atom stereocenters. The summed E-state index contributed by atoms with van der Waals surface area (Å²) < 4.78 is 0. The number of rotatable bonds is 9. The summed E-state index contributed by atoms with van der Waals surface area (Å²) >= 11 is 6.45. The molecule has 2 aliphatic heterocycles. The second-order valence-electron chi connectivity index (χ2n) is 11.0. The smallest absolute Gasteiger partial charge is 0.230 e. The van der Waals surface area contributed by atoms with Crippen LogP contribution in [0.2, 0.25) is 5.02 Å². The van der Waals surface area contributed by atoms with Crippen molar-refractivity contribution in [2.45, 2.75) is 52.4 Å². The predicted octanol–water partition coefficient (Wildman–Crippen LogP) is 5.63. The minimum Gasteiger partial charge on any atom is -0.388 e. The minimum atomic E-state index is -0.0529. The highest BCUT2D eigenvalue weighted by Crippen LogP contribution is 2.28. The van der Waals surface area contributed by atoms with E-state index < -0.39 is 0 Å². The molecule has 2 aromatic rings. The third-order valence-corrected chi connectivity index (χ3v) is 8.73. The fourth-order valence-corrected chi connectivity index (χ4v) is 6.01. The van der Waals surface area contributed by atoms with E-state index in [1.165, 1.54) is 24.1 Å². The van der Waals surface area contributed by atoms with Crippen molar-refractivity contribution in [1.29, 1.82) is 0 Å². The molecule has 4 rings (SSSR count). The number of aryl methyl sites for hydroxylation is 1. The Morgan fingerprint density at radius 2 is 1.76 bits per heavy atom. The van der Waals surface area contributed by atoms with Crippen molar-refractivity contribution in [3.05, 3.63) is 58.6 Å². The number of carbonyl (C=O) groups is 2. The number of benzene rings is 2. The van der Waals surface area contributed by atoms with Gasteiger partial charge in [0.25, 0.3) is 0 Å². The first-order chi connectivity index (χ1) is 18.3. The maximum absolute atomic E-state index is 13.7. The van der Waals surface area contributed by atoms with Gasteiger partial charge in [-0.1, -0.05) is 29.8 Å². The standard InChI is InChI=1S/C31H43ClN4O2/c1-23-8-9-29(22-30(23)32)36(31(38)27-12-18-35(19-13-27)24(2)37)15-5-14-34-16-10-25(11-17-34)20-26-6-4-7-28(21-26)33-3/h4,6-9,21-22,25,27,33H,5,10-20H2,1-3H3. The van der Waals surface area contributed by atoms with E-state index in [0.717, 1.165) is 62.5 Å². The Labute approximate surface area is 233 Å². The Balaban J connectivity index is 1.30. The van der Waals surface area contributed by atoms with Crippen LogP contribution >= 0.6 is 11.6 Å². The maximum atomic E-state index is 13.7. The van der Waals surface area contributed by atoms with Crippen LogP contribution in [0.5, 0.6) is 0 Å². The largest absolute Gasteiger partial charge is 0.388 e. The Morgan fingerprint density at radius 3 is 2.42 bits per heavy atom. The zero-order chi connectivity index (χ0) is 27.1. The summed E-state index contributed by atoms with van der Waals surface area (Å²) in [5.74, 6) is 0.929. The van der Waals surface area contributed by atoms with Crippen LogP contribution in [-0.4, -0.2) is 67.9 Å². The first kappa shape index (κ1) is 28.4. The van der Waals surface area contributed by atoms with Gasteiger partial charge in [-0.15, -0.1) is 0 Å². The van der Waals surface area contributed by atoms with E-state index in [9.17, 15) is 9.59 Å². The van der Waals surface area contributed by atoms with Gasteiger partial charge in [0.05, 0.1) is 0 Å². The van der Waals surface area contributed by atoms with Crippen molar-refractivity contribution in [3.8, 4) is 0 Å². The Kier molecular flexibility index (Phi) is 10.1. The maximum Gasteiger partial charge on any atom is 0.230 e. The van der Waals surface area contributed by atoms with E-state index in [0.29, 0.717) is 24.7 Å². The Morgan fingerprint density at radius 1 is 1.03 bits per heavy atom. The molecule has 0 aliphatic carbocycles. The zero-order valence-corrected chi connectivity index (χ0v) is 24.0. The molecule has 2 heterocycles. The molecule has 6 nitrogen and oxygen atoms in total. The van der Waals surface area contributed by atoms with Crippen LogP contribution in [0, 0.1) is 18.8 Å². The quantitative estimate of drug-likeness (QED) is 0.450. The van der Waals surface area contributed by atoms with Crippen LogP contribution in [0.15, 0.2) is 42.5 Å². The number of hydrogen-bond donors (Lipinski definition) is 1. The lowest BCUT2D eigenvalue weighted by molar-refractivity contribution is -0.133. The molecule has 2 saturated heterocycles. The van der Waals surface area contributed by atoms with Crippen molar-refractivity contribution in [3.63, 3.8) is 0 Å². The first-order valence-corrected chi connectivity index (χ1v) is 14.5. The number of hydrogen-bond acceptors (Lipinski definition) is 4. The number of piperidine rings is 2. The molecule has 2 aliphatic rings. The summed E-state index contributed by atoms with van der Waals surface area (Å²) in [4.78, 5) is 31.8. The van der Waals surface area contributed by atoms with Gasteiger partial charge >= 0.3 is 0 Å². The molecule has 2 fully saturated rings. The lowest BCUT2D eigenvalue weighted by Crippen LogP contribution is -2.45. The molecule has 1 N–H and O–H groups in total. The van der Waals surface area contributed by atoms with Crippen LogP contribution in [-0.2, 0) is 16.0 Å². The lowest BCUT2D eigenvalue weighted by Gasteiger charge is -2.35. The topological polar surface area (TPSA) is 55.9 Å². The monoisotopic (exact) mass is 538 g/mol. The van der Waals surface area contributed by atoms with Gasteiger partial charge in [-0.05, 0) is 106 Å². The molecule has 38 heavy (non-hydrogen) atoms. The van der Waals surface area contributed by atoms with Crippen LogP contribution < -0.4 is 10.2 Å². The average Bonchev–Trinajstić information content (AvgIpc) is 2.93. The fraction of sp³-hybridized carbons (Fsp3) is 0.548. The molecule has 2 aromatic carbocycles. The van der Waals surface area contributed by atoms with Crippen LogP contribution in [0.25, 0.3) is 0 Å². The van der Waals surface area contributed by atoms with Crippen molar-refractivity contribution in [2.24, 2.45) is 11.8 Å². The summed E-state index contributed by atoms with van der Waals surface area (Å²) in [6, 6.07) is 14.7. The summed E-state index contributed by atoms with van der Waals surface area (Å²) in [5, 5.41) is 3.93. The predicted molar refractivity (Wildman–Crippen MR) is 157 cm³/mol. The van der Waals surface area contributed by atoms with E-state index >= 15 is 0 Å². The zero-order valence-electron chi connectivity index (χ0n) is 23.2. The average molecular weight is 539 g/mol. The van der Waals surface area contributed by atoms with Gasteiger partial charge in [0.15, 0.2) is 0 Å². The number of nitrogens with one attached hydrogen (secondary N) is 1. The summed E-state index contributed by atoms with van der Waals surface area (Å²) in [6.07, 6.45) is 5.95. The van der Waals surface area contributed by atoms with Crippen molar-refractivity contribution in [2.75, 3.05) is 56.5 Å². The molecular formula is C31H43ClN4O2. The minimum absolute atomic E-state index is 0.0529. The van der Waals surface area contributed by atoms with Crippen molar-refractivity contribution >= 4 is 34.8 Å². The number of anilines is 2. The molecule has 206 valence electrons. The van der Waals surface area contributed by atoms with Gasteiger partial charge < -0.3 is 20.0 Å². The fourth-order valence-electron chi connectivity index (χ4n) is 5.83. The Hall–Kier alpha value is -2.57. The molecule has 0 atom stereocenters. The number of carbonyl (C=O) groups excluding carboxylic acids is 2. The van der Waals surface area contributed by atoms with E-state index in [1.807, 2.05) is 42.0 Å². The molecule has 0 aromatic heterocycles. The van der Waals surface area contributed by atoms with Gasteiger partial charge in [0, 0.05) is 55.9 Å². The van der Waals surface area contributed by atoms with Crippen LogP contribution in [0.3, 0.4) is 0 Å². The third-order valence-electron chi connectivity index (χ3n) is 8.33. The van der Waals surface area contributed by atoms with E-state index in [-0.39, 0.29) is 17.7 Å². The van der Waals surface area contributed by atoms with Crippen LogP contribution in [0.4, 0.5) is 11.4 Å². The second kappa shape index (κ2) is 13.5. The molecule has 0 bridgehead atoms. The number of nitrogens with zero attached hydrogens (tertiary/aromatic N) is 3. The summed E-state index contributed by atoms with van der Waals surface area (Å²) in [5.41, 5.74) is 4.48. The first-order valence-electron chi connectivity index (χ1n) is 14.2. The molecular weight excluding hydrogens is 496 g/mol. The van der Waals surface area contributed by atoms with E-state index in [1.54, 1.807) is 6.92 Å². The van der Waals surface area contributed by atoms with Gasteiger partial charge in [-0.2, -0.15) is 0 Å². The van der Waals surface area contributed by atoms with E-state index in [4.69, 9.17) is 11.6 Å². The third kappa shape index (κ3) is 7.51. The molecule has 2 amide bonds. The highest BCUT2D eigenvalue weighted by molar-refractivity contribution is 6.31. The summed E-state index contributed by atoms with van der Waals surface area (Å²) in [6.45, 7) is 8.80. The molecule has 0 radical (unpaired) electrons. The van der Waals surface area contributed by atoms with Gasteiger partial charge in [0.1, 0.15) is 0 Å². The number of halogens is 1. The van der Waals surface area contributed by atoms with Crippen molar-refractivity contribution < 1.29 is 9.59 Å². The van der Waals surface area contributed by atoms with Crippen molar-refractivity contribution in [1.82, 2.24) is 9.80 Å². The van der Waals surface area contributed by atoms with Gasteiger partial charge in [-0.3, -0.25) is 9.59 Å². The number of likely N-dealkylation sites (tertiary alicyclic amines) is 2. The van der Waals surface area contributed by atoms with E-state index in [2.05, 4.69) is 34.5 Å². The normalized spacial score (nSPS) is 17.4. The Bertz CT molecular complexity index is 1090. The van der Waals surface area contributed by atoms with Gasteiger partial charge in [-0.25, -0.2) is 0 Å². The second-order valence-corrected chi connectivity index (χ2v) is 11.4. The molecule has 0 spiro atoms. The molecule has 0 saturated carbocycles. The highest BCUT2D eigenvalue weighted by Gasteiger charge is 2.30. The lowest BCUT2D eigenvalue weighted by atomic mass is 9.90. The van der Waals surface area contributed by atoms with Crippen LogP contribution in [0.1, 0.15) is 50.2 Å². The number of amides is 2. The SMILES string of the molecule is CNc1cccc(CC2CCN(CCCN(C(=O)C3CCN(C(C)=O)CC3)c3ccc(C)c(Cl)c3)CC2)c1.